The lowest BCUT2D eigenvalue weighted by Gasteiger charge is -2.26. The molecule has 2 rings (SSSR count). The Bertz CT molecular complexity index is 642. The minimum atomic E-state index is -3.73. The van der Waals surface area contributed by atoms with Gasteiger partial charge in [-0.1, -0.05) is 26.8 Å². The Balaban J connectivity index is 2.40. The van der Waals surface area contributed by atoms with Crippen LogP contribution in [0.3, 0.4) is 0 Å². The van der Waals surface area contributed by atoms with Crippen LogP contribution in [0.25, 0.3) is 0 Å². The summed E-state index contributed by atoms with van der Waals surface area (Å²) >= 11 is 0. The highest BCUT2D eigenvalue weighted by Gasteiger charge is 2.24. The molecule has 0 aliphatic heterocycles. The lowest BCUT2D eigenvalue weighted by molar-refractivity contribution is 0.224. The summed E-state index contributed by atoms with van der Waals surface area (Å²) in [4.78, 5) is 0.112. The molecule has 0 radical (unpaired) electrons. The van der Waals surface area contributed by atoms with Crippen molar-refractivity contribution in [1.82, 2.24) is 0 Å². The maximum atomic E-state index is 11.5. The van der Waals surface area contributed by atoms with Crippen LogP contribution < -0.4 is 4.74 Å². The minimum absolute atomic E-state index is 0.0540. The van der Waals surface area contributed by atoms with Crippen LogP contribution in [0, 0.1) is 0 Å². The highest BCUT2D eigenvalue weighted by atomic mass is 35.7. The Hall–Kier alpha value is -1.00. The second-order valence-electron chi connectivity index (χ2n) is 6.36. The van der Waals surface area contributed by atoms with E-state index in [1.54, 1.807) is 12.1 Å². The summed E-state index contributed by atoms with van der Waals surface area (Å²) in [5.74, 6) is 0.725. The summed E-state index contributed by atoms with van der Waals surface area (Å²) in [5, 5.41) is 0. The highest BCUT2D eigenvalue weighted by molar-refractivity contribution is 8.13. The van der Waals surface area contributed by atoms with E-state index in [9.17, 15) is 8.42 Å². The summed E-state index contributed by atoms with van der Waals surface area (Å²) in [5.41, 5.74) is 0.619. The van der Waals surface area contributed by atoms with Gasteiger partial charge in [-0.3, -0.25) is 0 Å². The van der Waals surface area contributed by atoms with Crippen LogP contribution in [-0.2, 0) is 14.5 Å². The smallest absolute Gasteiger partial charge is 0.261 e. The van der Waals surface area contributed by atoms with Crippen molar-refractivity contribution in [1.29, 1.82) is 0 Å². The predicted octanol–water partition coefficient (Wildman–Crippen LogP) is 4.40. The van der Waals surface area contributed by atoms with Gasteiger partial charge in [0.05, 0.1) is 4.90 Å². The number of hydrogen-bond acceptors (Lipinski definition) is 3. The molecule has 0 bridgehead atoms. The fraction of sp³-hybridized carbons (Fsp3) is 0.500. The van der Waals surface area contributed by atoms with Crippen molar-refractivity contribution in [3.8, 4) is 5.75 Å². The lowest BCUT2D eigenvalue weighted by Crippen LogP contribution is -2.20. The van der Waals surface area contributed by atoms with Gasteiger partial charge in [0.25, 0.3) is 9.05 Å². The Morgan fingerprint density at radius 1 is 1.29 bits per heavy atom. The Labute approximate surface area is 131 Å². The number of hydrogen-bond donors (Lipinski definition) is 0. The first-order valence-corrected chi connectivity index (χ1v) is 9.41. The zero-order valence-electron chi connectivity index (χ0n) is 12.6. The Morgan fingerprint density at radius 3 is 2.52 bits per heavy atom. The van der Waals surface area contributed by atoms with E-state index in [1.807, 2.05) is 20.8 Å². The number of halogens is 1. The standard InChI is InChI=1S/C16H21ClO3S/c1-16(2,3)14-11-13(21(17,18)19)9-10-15(14)20-12-7-5-4-6-8-12/h5,7,9-12H,4,6,8H2,1-3H3. The largest absolute Gasteiger partial charge is 0.486 e. The van der Waals surface area contributed by atoms with Gasteiger partial charge in [-0.05, 0) is 49.0 Å². The van der Waals surface area contributed by atoms with Gasteiger partial charge in [-0.25, -0.2) is 8.42 Å². The molecule has 1 atom stereocenters. The first-order chi connectivity index (χ1) is 9.68. The molecule has 1 unspecified atom stereocenters. The zero-order valence-corrected chi connectivity index (χ0v) is 14.2. The first kappa shape index (κ1) is 16.4. The van der Waals surface area contributed by atoms with Gasteiger partial charge in [0.15, 0.2) is 0 Å². The molecular weight excluding hydrogens is 308 g/mol. The summed E-state index contributed by atoms with van der Waals surface area (Å²) < 4.78 is 29.1. The van der Waals surface area contributed by atoms with Crippen molar-refractivity contribution >= 4 is 19.7 Å². The summed E-state index contributed by atoms with van der Waals surface area (Å²) in [6.45, 7) is 6.07. The SMILES string of the molecule is CC(C)(C)c1cc(S(=O)(=O)Cl)ccc1OC1C=CCCC1. The van der Waals surface area contributed by atoms with Gasteiger partial charge in [-0.2, -0.15) is 0 Å². The molecule has 3 nitrogen and oxygen atoms in total. The molecule has 0 N–H and O–H groups in total. The minimum Gasteiger partial charge on any atom is -0.486 e. The van der Waals surface area contributed by atoms with Crippen molar-refractivity contribution in [3.63, 3.8) is 0 Å². The lowest BCUT2D eigenvalue weighted by atomic mass is 9.86. The van der Waals surface area contributed by atoms with Gasteiger partial charge in [-0.15, -0.1) is 0 Å². The van der Waals surface area contributed by atoms with E-state index in [2.05, 4.69) is 12.2 Å². The van der Waals surface area contributed by atoms with Gasteiger partial charge < -0.3 is 4.74 Å². The predicted molar refractivity (Wildman–Crippen MR) is 85.6 cm³/mol. The number of allylic oxidation sites excluding steroid dienone is 1. The molecule has 1 aliphatic carbocycles. The van der Waals surface area contributed by atoms with E-state index in [0.29, 0.717) is 0 Å². The number of ether oxygens (including phenoxy) is 1. The third-order valence-electron chi connectivity index (χ3n) is 3.53. The van der Waals surface area contributed by atoms with Crippen LogP contribution in [0.15, 0.2) is 35.2 Å². The van der Waals surface area contributed by atoms with Crippen LogP contribution in [0.4, 0.5) is 0 Å². The van der Waals surface area contributed by atoms with Gasteiger partial charge in [0.1, 0.15) is 11.9 Å². The topological polar surface area (TPSA) is 43.4 Å². The molecule has 0 saturated heterocycles. The Morgan fingerprint density at radius 2 is 2.00 bits per heavy atom. The van der Waals surface area contributed by atoms with Gasteiger partial charge in [0, 0.05) is 16.2 Å². The quantitative estimate of drug-likeness (QED) is 0.610. The molecule has 0 fully saturated rings. The summed E-state index contributed by atoms with van der Waals surface area (Å²) in [6.07, 6.45) is 7.44. The van der Waals surface area contributed by atoms with E-state index in [-0.39, 0.29) is 16.4 Å². The van der Waals surface area contributed by atoms with E-state index in [0.717, 1.165) is 30.6 Å². The van der Waals surface area contributed by atoms with Crippen molar-refractivity contribution < 1.29 is 13.2 Å². The zero-order chi connectivity index (χ0) is 15.7. The second-order valence-corrected chi connectivity index (χ2v) is 8.93. The third kappa shape index (κ3) is 4.24. The van der Waals surface area contributed by atoms with E-state index in [4.69, 9.17) is 15.4 Å². The maximum absolute atomic E-state index is 11.5. The highest BCUT2D eigenvalue weighted by Crippen LogP contribution is 2.35. The molecule has 0 spiro atoms. The van der Waals surface area contributed by atoms with E-state index in [1.165, 1.54) is 6.07 Å². The normalized spacial score (nSPS) is 19.5. The molecule has 21 heavy (non-hydrogen) atoms. The average Bonchev–Trinajstić information content (AvgIpc) is 2.38. The molecule has 0 amide bonds. The fourth-order valence-electron chi connectivity index (χ4n) is 2.39. The third-order valence-corrected chi connectivity index (χ3v) is 4.88. The molecule has 0 aromatic heterocycles. The van der Waals surface area contributed by atoms with Crippen LogP contribution in [0.2, 0.25) is 0 Å². The molecule has 0 heterocycles. The van der Waals surface area contributed by atoms with Crippen LogP contribution in [0.1, 0.15) is 45.6 Å². The van der Waals surface area contributed by atoms with Gasteiger partial charge in [0.2, 0.25) is 0 Å². The molecule has 0 saturated carbocycles. The van der Waals surface area contributed by atoms with Crippen molar-refractivity contribution in [2.75, 3.05) is 0 Å². The van der Waals surface area contributed by atoms with Gasteiger partial charge >= 0.3 is 0 Å². The molecular formula is C16H21ClO3S. The Kier molecular flexibility index (Phi) is 4.69. The van der Waals surface area contributed by atoms with Crippen molar-refractivity contribution in [2.24, 2.45) is 0 Å². The number of rotatable bonds is 3. The fourth-order valence-corrected chi connectivity index (χ4v) is 3.17. The molecule has 1 aromatic rings. The molecule has 1 aromatic carbocycles. The number of benzene rings is 1. The average molecular weight is 329 g/mol. The van der Waals surface area contributed by atoms with E-state index < -0.39 is 9.05 Å². The van der Waals surface area contributed by atoms with E-state index >= 15 is 0 Å². The van der Waals surface area contributed by atoms with Crippen molar-refractivity contribution in [2.45, 2.75) is 56.4 Å². The maximum Gasteiger partial charge on any atom is 0.261 e. The van der Waals surface area contributed by atoms with Crippen molar-refractivity contribution in [3.05, 3.63) is 35.9 Å². The molecule has 5 heteroatoms. The summed E-state index contributed by atoms with van der Waals surface area (Å²) in [6, 6.07) is 4.82. The second kappa shape index (κ2) is 6.01. The van der Waals surface area contributed by atoms with Crippen LogP contribution in [-0.4, -0.2) is 14.5 Å². The first-order valence-electron chi connectivity index (χ1n) is 7.10. The molecule has 116 valence electrons. The monoisotopic (exact) mass is 328 g/mol. The summed E-state index contributed by atoms with van der Waals surface area (Å²) in [7, 11) is 1.71. The molecule has 1 aliphatic rings. The van der Waals surface area contributed by atoms with Crippen LogP contribution >= 0.6 is 10.7 Å². The van der Waals surface area contributed by atoms with Crippen LogP contribution in [0.5, 0.6) is 5.75 Å².